The second-order valence-corrected chi connectivity index (χ2v) is 7.32. The third kappa shape index (κ3) is 4.04. The van der Waals surface area contributed by atoms with Gasteiger partial charge in [-0.15, -0.1) is 6.58 Å². The van der Waals surface area contributed by atoms with Gasteiger partial charge in [-0.2, -0.15) is 0 Å². The van der Waals surface area contributed by atoms with Gasteiger partial charge in [0.1, 0.15) is 5.25 Å². The predicted octanol–water partition coefficient (Wildman–Crippen LogP) is 0.739. The number of piperidine rings is 1. The Hall–Kier alpha value is -0.880. The van der Waals surface area contributed by atoms with Crippen LogP contribution in [0.5, 0.6) is 0 Å². The van der Waals surface area contributed by atoms with Crippen molar-refractivity contribution in [2.45, 2.75) is 43.9 Å². The van der Waals surface area contributed by atoms with Crippen LogP contribution in [0.1, 0.15) is 32.6 Å². The van der Waals surface area contributed by atoms with E-state index in [9.17, 15) is 13.2 Å². The van der Waals surface area contributed by atoms with Gasteiger partial charge in [-0.3, -0.25) is 4.79 Å². The molecule has 110 valence electrons. The Kier molecular flexibility index (Phi) is 6.00. The zero-order valence-electron chi connectivity index (χ0n) is 11.4. The van der Waals surface area contributed by atoms with Gasteiger partial charge in [-0.25, -0.2) is 8.42 Å². The number of aliphatic hydroxyl groups excluding tert-OH is 1. The molecule has 1 N–H and O–H groups in total. The van der Waals surface area contributed by atoms with E-state index >= 15 is 0 Å². The van der Waals surface area contributed by atoms with Crippen molar-refractivity contribution in [2.24, 2.45) is 0 Å². The first-order valence-electron chi connectivity index (χ1n) is 6.68. The summed E-state index contributed by atoms with van der Waals surface area (Å²) in [5.74, 6) is -0.529. The van der Waals surface area contributed by atoms with Gasteiger partial charge in [-0.1, -0.05) is 6.08 Å². The van der Waals surface area contributed by atoms with E-state index < -0.39 is 15.1 Å². The molecule has 1 aliphatic rings. The minimum atomic E-state index is -3.47. The van der Waals surface area contributed by atoms with E-state index in [1.807, 2.05) is 0 Å². The zero-order chi connectivity index (χ0) is 14.5. The standard InChI is InChI=1S/C13H23NO4S/c1-3-10-19(17,18)11(2)13(16)14-8-5-4-6-12(14)7-9-15/h3,11-12,15H,1,4-10H2,2H3. The Bertz CT molecular complexity index is 416. The van der Waals surface area contributed by atoms with E-state index in [2.05, 4.69) is 6.58 Å². The molecule has 0 saturated carbocycles. The SMILES string of the molecule is C=CCS(=O)(=O)C(C)C(=O)N1CCCCC1CCO. The van der Waals surface area contributed by atoms with Gasteiger partial charge in [0.2, 0.25) is 5.91 Å². The summed E-state index contributed by atoms with van der Waals surface area (Å²) in [6.07, 6.45) is 4.56. The first-order chi connectivity index (χ1) is 8.94. The number of hydrogen-bond acceptors (Lipinski definition) is 4. The number of sulfone groups is 1. The summed E-state index contributed by atoms with van der Waals surface area (Å²) >= 11 is 0. The van der Waals surface area contributed by atoms with E-state index in [0.717, 1.165) is 19.3 Å². The smallest absolute Gasteiger partial charge is 0.240 e. The summed E-state index contributed by atoms with van der Waals surface area (Å²) < 4.78 is 23.8. The normalized spacial score (nSPS) is 22.0. The van der Waals surface area contributed by atoms with Crippen LogP contribution in [-0.4, -0.2) is 54.5 Å². The summed E-state index contributed by atoms with van der Waals surface area (Å²) in [5, 5.41) is 7.99. The molecular formula is C13H23NO4S. The van der Waals surface area contributed by atoms with Crippen molar-refractivity contribution in [3.05, 3.63) is 12.7 Å². The fourth-order valence-corrected chi connectivity index (χ4v) is 3.50. The van der Waals surface area contributed by atoms with Gasteiger partial charge in [0.05, 0.1) is 5.75 Å². The van der Waals surface area contributed by atoms with Gasteiger partial charge < -0.3 is 10.0 Å². The number of rotatable bonds is 6. The number of likely N-dealkylation sites (tertiary alicyclic amines) is 1. The molecule has 1 aliphatic heterocycles. The Morgan fingerprint density at radius 1 is 1.53 bits per heavy atom. The molecule has 19 heavy (non-hydrogen) atoms. The number of carbonyl (C=O) groups is 1. The van der Waals surface area contributed by atoms with Gasteiger partial charge in [0.15, 0.2) is 9.84 Å². The summed E-state index contributed by atoms with van der Waals surface area (Å²) in [5.41, 5.74) is 0. The molecule has 0 aromatic carbocycles. The average Bonchev–Trinajstić information content (AvgIpc) is 2.38. The second kappa shape index (κ2) is 7.05. The highest BCUT2D eigenvalue weighted by atomic mass is 32.2. The monoisotopic (exact) mass is 289 g/mol. The highest BCUT2D eigenvalue weighted by Crippen LogP contribution is 2.21. The van der Waals surface area contributed by atoms with E-state index in [-0.39, 0.29) is 24.3 Å². The number of amides is 1. The molecule has 5 nitrogen and oxygen atoms in total. The molecular weight excluding hydrogens is 266 g/mol. The number of aliphatic hydroxyl groups is 1. The van der Waals surface area contributed by atoms with Crippen molar-refractivity contribution < 1.29 is 18.3 Å². The lowest BCUT2D eigenvalue weighted by atomic mass is 9.99. The fourth-order valence-electron chi connectivity index (χ4n) is 2.44. The van der Waals surface area contributed by atoms with Crippen molar-refractivity contribution >= 4 is 15.7 Å². The molecule has 2 atom stereocenters. The highest BCUT2D eigenvalue weighted by molar-refractivity contribution is 7.92. The third-order valence-electron chi connectivity index (χ3n) is 3.61. The van der Waals surface area contributed by atoms with E-state index in [0.29, 0.717) is 13.0 Å². The average molecular weight is 289 g/mol. The van der Waals surface area contributed by atoms with Crippen molar-refractivity contribution in [3.8, 4) is 0 Å². The van der Waals surface area contributed by atoms with Crippen LogP contribution in [0.4, 0.5) is 0 Å². The molecule has 0 radical (unpaired) electrons. The maximum atomic E-state index is 12.3. The van der Waals surface area contributed by atoms with Crippen molar-refractivity contribution in [2.75, 3.05) is 18.9 Å². The van der Waals surface area contributed by atoms with E-state index in [4.69, 9.17) is 5.11 Å². The minimum absolute atomic E-state index is 0.0161. The van der Waals surface area contributed by atoms with Crippen molar-refractivity contribution in [1.29, 1.82) is 0 Å². The molecule has 1 heterocycles. The molecule has 6 heteroatoms. The molecule has 1 amide bonds. The van der Waals surface area contributed by atoms with Crippen molar-refractivity contribution in [3.63, 3.8) is 0 Å². The lowest BCUT2D eigenvalue weighted by Gasteiger charge is -2.37. The number of hydrogen-bond donors (Lipinski definition) is 1. The predicted molar refractivity (Wildman–Crippen MR) is 74.5 cm³/mol. The Labute approximate surface area is 115 Å². The van der Waals surface area contributed by atoms with Crippen LogP contribution in [0.2, 0.25) is 0 Å². The molecule has 1 fully saturated rings. The second-order valence-electron chi connectivity index (χ2n) is 4.95. The molecule has 0 aromatic rings. The van der Waals surface area contributed by atoms with Crippen LogP contribution in [0.25, 0.3) is 0 Å². The first-order valence-corrected chi connectivity index (χ1v) is 8.39. The van der Waals surface area contributed by atoms with Crippen LogP contribution in [-0.2, 0) is 14.6 Å². The van der Waals surface area contributed by atoms with Crippen LogP contribution in [0, 0.1) is 0 Å². The summed E-state index contributed by atoms with van der Waals surface area (Å²) in [6.45, 7) is 5.44. The molecule has 0 spiro atoms. The number of nitrogens with zero attached hydrogens (tertiary/aromatic N) is 1. The lowest BCUT2D eigenvalue weighted by Crippen LogP contribution is -2.49. The molecule has 0 bridgehead atoms. The number of carbonyl (C=O) groups excluding carboxylic acids is 1. The first kappa shape index (κ1) is 16.2. The van der Waals surface area contributed by atoms with Crippen LogP contribution in [0.15, 0.2) is 12.7 Å². The van der Waals surface area contributed by atoms with Crippen LogP contribution in [0.3, 0.4) is 0 Å². The van der Waals surface area contributed by atoms with E-state index in [1.54, 1.807) is 4.90 Å². The Morgan fingerprint density at radius 2 is 2.21 bits per heavy atom. The zero-order valence-corrected chi connectivity index (χ0v) is 12.2. The molecule has 0 aliphatic carbocycles. The summed E-state index contributed by atoms with van der Waals surface area (Å²) in [4.78, 5) is 14.0. The van der Waals surface area contributed by atoms with Gasteiger partial charge in [-0.05, 0) is 32.6 Å². The lowest BCUT2D eigenvalue weighted by molar-refractivity contribution is -0.134. The highest BCUT2D eigenvalue weighted by Gasteiger charge is 2.34. The maximum absolute atomic E-state index is 12.3. The summed E-state index contributed by atoms with van der Waals surface area (Å²) in [7, 11) is -3.47. The Morgan fingerprint density at radius 3 is 2.79 bits per heavy atom. The van der Waals surface area contributed by atoms with Crippen LogP contribution < -0.4 is 0 Å². The largest absolute Gasteiger partial charge is 0.396 e. The molecule has 1 rings (SSSR count). The molecule has 2 unspecified atom stereocenters. The maximum Gasteiger partial charge on any atom is 0.240 e. The minimum Gasteiger partial charge on any atom is -0.396 e. The van der Waals surface area contributed by atoms with Crippen molar-refractivity contribution in [1.82, 2.24) is 4.90 Å². The molecule has 0 aromatic heterocycles. The topological polar surface area (TPSA) is 74.7 Å². The quantitative estimate of drug-likeness (QED) is 0.732. The fraction of sp³-hybridized carbons (Fsp3) is 0.769. The van der Waals surface area contributed by atoms with Gasteiger partial charge >= 0.3 is 0 Å². The summed E-state index contributed by atoms with van der Waals surface area (Å²) in [6, 6.07) is -0.0346. The third-order valence-corrected chi connectivity index (χ3v) is 5.59. The van der Waals surface area contributed by atoms with Gasteiger partial charge in [0.25, 0.3) is 0 Å². The molecule has 1 saturated heterocycles. The van der Waals surface area contributed by atoms with Crippen LogP contribution >= 0.6 is 0 Å². The Balaban J connectivity index is 2.82. The van der Waals surface area contributed by atoms with Gasteiger partial charge in [0, 0.05) is 19.2 Å². The van der Waals surface area contributed by atoms with E-state index in [1.165, 1.54) is 13.0 Å².